The number of hydrogen-bond acceptors (Lipinski definition) is 2. The predicted molar refractivity (Wildman–Crippen MR) is 63.2 cm³/mol. The fourth-order valence-corrected chi connectivity index (χ4v) is 0.955. The first-order chi connectivity index (χ1) is 6.33. The van der Waals surface area contributed by atoms with Crippen LogP contribution in [0.1, 0.15) is 12.5 Å². The Balaban J connectivity index is 2.36. The third kappa shape index (κ3) is 4.26. The Kier molecular flexibility index (Phi) is 4.82. The van der Waals surface area contributed by atoms with Crippen LogP contribution >= 0.6 is 22.6 Å². The Morgan fingerprint density at radius 2 is 2.08 bits per heavy atom. The first kappa shape index (κ1) is 10.5. The van der Waals surface area contributed by atoms with Gasteiger partial charge in [0.15, 0.2) is 0 Å². The summed E-state index contributed by atoms with van der Waals surface area (Å²) in [5, 5.41) is 3.95. The molecule has 0 saturated heterocycles. The number of halogens is 1. The Morgan fingerprint density at radius 1 is 1.38 bits per heavy atom. The Labute approximate surface area is 92.1 Å². The minimum absolute atomic E-state index is 0.550. The lowest BCUT2D eigenvalue weighted by Gasteiger charge is -1.99. The molecule has 3 heteroatoms. The maximum absolute atomic E-state index is 5.16. The molecule has 0 fully saturated rings. The van der Waals surface area contributed by atoms with Crippen molar-refractivity contribution in [2.45, 2.75) is 13.5 Å². The monoisotopic (exact) mass is 289 g/mol. The summed E-state index contributed by atoms with van der Waals surface area (Å²) in [6, 6.07) is 10.0. The van der Waals surface area contributed by atoms with Crippen LogP contribution < -0.4 is 0 Å². The number of oxime groups is 1. The van der Waals surface area contributed by atoms with E-state index in [-0.39, 0.29) is 0 Å². The molecule has 0 saturated carbocycles. The van der Waals surface area contributed by atoms with E-state index in [0.717, 1.165) is 15.7 Å². The van der Waals surface area contributed by atoms with Gasteiger partial charge in [-0.25, -0.2) is 0 Å². The molecule has 0 aliphatic heterocycles. The molecule has 13 heavy (non-hydrogen) atoms. The largest absolute Gasteiger partial charge is 0.391 e. The zero-order valence-corrected chi connectivity index (χ0v) is 9.69. The number of benzene rings is 1. The van der Waals surface area contributed by atoms with E-state index < -0.39 is 0 Å². The number of alkyl halides is 1. The van der Waals surface area contributed by atoms with Crippen molar-refractivity contribution in [2.24, 2.45) is 5.16 Å². The highest BCUT2D eigenvalue weighted by molar-refractivity contribution is 14.1. The molecule has 1 aromatic carbocycles. The van der Waals surface area contributed by atoms with E-state index in [9.17, 15) is 0 Å². The molecule has 0 atom stereocenters. The van der Waals surface area contributed by atoms with Crippen molar-refractivity contribution in [1.29, 1.82) is 0 Å². The van der Waals surface area contributed by atoms with Gasteiger partial charge in [0.2, 0.25) is 0 Å². The average molecular weight is 289 g/mol. The molecule has 1 aromatic rings. The lowest BCUT2D eigenvalue weighted by molar-refractivity contribution is 0.130. The first-order valence-electron chi connectivity index (χ1n) is 4.08. The van der Waals surface area contributed by atoms with Gasteiger partial charge in [-0.05, 0) is 12.5 Å². The highest BCUT2D eigenvalue weighted by atomic mass is 127. The number of rotatable bonds is 4. The zero-order valence-electron chi connectivity index (χ0n) is 7.53. The summed E-state index contributed by atoms with van der Waals surface area (Å²) >= 11 is 2.26. The molecular formula is C10H12INO. The topological polar surface area (TPSA) is 21.6 Å². The lowest BCUT2D eigenvalue weighted by atomic mass is 10.2. The maximum Gasteiger partial charge on any atom is 0.142 e. The fourth-order valence-electron chi connectivity index (χ4n) is 0.816. The zero-order chi connectivity index (χ0) is 9.52. The molecule has 0 aliphatic carbocycles. The Morgan fingerprint density at radius 3 is 2.69 bits per heavy atom. The molecule has 0 amide bonds. The van der Waals surface area contributed by atoms with Gasteiger partial charge in [0.05, 0.1) is 5.71 Å². The van der Waals surface area contributed by atoms with Gasteiger partial charge in [0.25, 0.3) is 0 Å². The summed E-state index contributed by atoms with van der Waals surface area (Å²) in [5.74, 6) is 0. The van der Waals surface area contributed by atoms with Gasteiger partial charge in [-0.15, -0.1) is 0 Å². The van der Waals surface area contributed by atoms with Crippen LogP contribution in [-0.4, -0.2) is 10.1 Å². The summed E-state index contributed by atoms with van der Waals surface area (Å²) in [6.07, 6.45) is 0. The van der Waals surface area contributed by atoms with Crippen molar-refractivity contribution in [3.63, 3.8) is 0 Å². The van der Waals surface area contributed by atoms with Crippen molar-refractivity contribution in [1.82, 2.24) is 0 Å². The van der Waals surface area contributed by atoms with Crippen molar-refractivity contribution in [3.05, 3.63) is 35.9 Å². The molecule has 0 aliphatic rings. The van der Waals surface area contributed by atoms with Gasteiger partial charge in [-0.1, -0.05) is 58.1 Å². The third-order valence-electron chi connectivity index (χ3n) is 1.49. The molecule has 1 rings (SSSR count). The predicted octanol–water partition coefficient (Wildman–Crippen LogP) is 3.01. The molecule has 0 N–H and O–H groups in total. The van der Waals surface area contributed by atoms with Gasteiger partial charge < -0.3 is 4.84 Å². The van der Waals surface area contributed by atoms with Gasteiger partial charge in [-0.3, -0.25) is 0 Å². The molecule has 0 aromatic heterocycles. The lowest BCUT2D eigenvalue weighted by Crippen LogP contribution is -1.94. The van der Waals surface area contributed by atoms with Crippen molar-refractivity contribution in [2.75, 3.05) is 4.43 Å². The second-order valence-corrected chi connectivity index (χ2v) is 3.48. The van der Waals surface area contributed by atoms with Crippen LogP contribution in [0.4, 0.5) is 0 Å². The molecule has 70 valence electrons. The summed E-state index contributed by atoms with van der Waals surface area (Å²) in [4.78, 5) is 5.16. The standard InChI is InChI=1S/C10H12INO/c1-9(7-11)12-13-8-10-5-3-2-4-6-10/h2-6H,7-8H2,1H3. The van der Waals surface area contributed by atoms with E-state index in [4.69, 9.17) is 4.84 Å². The molecular weight excluding hydrogens is 277 g/mol. The molecule has 0 unspecified atom stereocenters. The normalized spacial score (nSPS) is 11.4. The van der Waals surface area contributed by atoms with Crippen LogP contribution in [0.5, 0.6) is 0 Å². The number of nitrogens with zero attached hydrogens (tertiary/aromatic N) is 1. The minimum atomic E-state index is 0.550. The van der Waals surface area contributed by atoms with Crippen LogP contribution in [0.25, 0.3) is 0 Å². The van der Waals surface area contributed by atoms with Gasteiger partial charge >= 0.3 is 0 Å². The van der Waals surface area contributed by atoms with Gasteiger partial charge in [-0.2, -0.15) is 0 Å². The van der Waals surface area contributed by atoms with Crippen molar-refractivity contribution < 1.29 is 4.84 Å². The summed E-state index contributed by atoms with van der Waals surface area (Å²) < 4.78 is 0.909. The van der Waals surface area contributed by atoms with Crippen LogP contribution in [0.3, 0.4) is 0 Å². The highest BCUT2D eigenvalue weighted by Crippen LogP contribution is 2.00. The smallest absolute Gasteiger partial charge is 0.142 e. The fraction of sp³-hybridized carbons (Fsp3) is 0.300. The van der Waals surface area contributed by atoms with E-state index in [1.165, 1.54) is 0 Å². The van der Waals surface area contributed by atoms with Crippen LogP contribution in [0, 0.1) is 0 Å². The van der Waals surface area contributed by atoms with Gasteiger partial charge in [0, 0.05) is 4.43 Å². The summed E-state index contributed by atoms with van der Waals surface area (Å²) in [7, 11) is 0. The second kappa shape index (κ2) is 5.96. The quantitative estimate of drug-likeness (QED) is 0.361. The molecule has 0 radical (unpaired) electrons. The molecule has 0 bridgehead atoms. The third-order valence-corrected chi connectivity index (χ3v) is 2.59. The molecule has 0 spiro atoms. The van der Waals surface area contributed by atoms with Crippen molar-refractivity contribution >= 4 is 28.3 Å². The van der Waals surface area contributed by atoms with E-state index in [1.54, 1.807) is 0 Å². The van der Waals surface area contributed by atoms with E-state index in [1.807, 2.05) is 37.3 Å². The maximum atomic E-state index is 5.16. The van der Waals surface area contributed by atoms with Crippen LogP contribution in [0.15, 0.2) is 35.5 Å². The highest BCUT2D eigenvalue weighted by Gasteiger charge is 1.90. The SMILES string of the molecule is CC(CI)=NOCc1ccccc1. The van der Waals surface area contributed by atoms with E-state index >= 15 is 0 Å². The molecule has 0 heterocycles. The second-order valence-electron chi connectivity index (χ2n) is 2.72. The number of hydrogen-bond donors (Lipinski definition) is 0. The first-order valence-corrected chi connectivity index (χ1v) is 5.61. The average Bonchev–Trinajstić information content (AvgIpc) is 2.19. The molecule has 2 nitrogen and oxygen atoms in total. The van der Waals surface area contributed by atoms with Crippen LogP contribution in [-0.2, 0) is 11.4 Å². The Bertz CT molecular complexity index is 272. The van der Waals surface area contributed by atoms with E-state index in [2.05, 4.69) is 27.7 Å². The summed E-state index contributed by atoms with van der Waals surface area (Å²) in [6.45, 7) is 2.51. The Hall–Kier alpha value is -0.580. The minimum Gasteiger partial charge on any atom is -0.391 e. The van der Waals surface area contributed by atoms with Crippen molar-refractivity contribution in [3.8, 4) is 0 Å². The van der Waals surface area contributed by atoms with E-state index in [0.29, 0.717) is 6.61 Å². The van der Waals surface area contributed by atoms with Gasteiger partial charge in [0.1, 0.15) is 6.61 Å². The van der Waals surface area contributed by atoms with Crippen LogP contribution in [0.2, 0.25) is 0 Å². The summed E-state index contributed by atoms with van der Waals surface area (Å²) in [5.41, 5.74) is 2.16.